The lowest BCUT2D eigenvalue weighted by Gasteiger charge is -2.32. The molecule has 2 aromatic carbocycles. The van der Waals surface area contributed by atoms with Gasteiger partial charge in [0.15, 0.2) is 17.6 Å². The molecule has 7 heteroatoms. The maximum atomic E-state index is 12.9. The molecule has 0 spiro atoms. The number of benzene rings is 2. The summed E-state index contributed by atoms with van der Waals surface area (Å²) in [7, 11) is 1.32. The first-order chi connectivity index (χ1) is 12.5. The third kappa shape index (κ3) is 4.28. The van der Waals surface area contributed by atoms with Crippen molar-refractivity contribution in [1.29, 1.82) is 0 Å². The maximum absolute atomic E-state index is 12.9. The van der Waals surface area contributed by atoms with Crippen molar-refractivity contribution in [3.63, 3.8) is 0 Å². The summed E-state index contributed by atoms with van der Waals surface area (Å²) in [4.78, 5) is 0. The molecular formula is C19H20F3NO3. The van der Waals surface area contributed by atoms with Crippen LogP contribution in [0.1, 0.15) is 17.2 Å². The molecule has 140 valence electrons. The van der Waals surface area contributed by atoms with E-state index in [4.69, 9.17) is 14.2 Å². The molecule has 1 aliphatic rings. The van der Waals surface area contributed by atoms with Gasteiger partial charge >= 0.3 is 6.18 Å². The first-order valence-electron chi connectivity index (χ1n) is 8.28. The monoisotopic (exact) mass is 367 g/mol. The Labute approximate surface area is 149 Å². The lowest BCUT2D eigenvalue weighted by atomic mass is 10.0. The number of nitrogens with one attached hydrogen (secondary N) is 1. The van der Waals surface area contributed by atoms with E-state index in [2.05, 4.69) is 5.32 Å². The largest absolute Gasteiger partial charge is 0.493 e. The quantitative estimate of drug-likeness (QED) is 0.872. The van der Waals surface area contributed by atoms with E-state index in [9.17, 15) is 13.2 Å². The van der Waals surface area contributed by atoms with Crippen molar-refractivity contribution >= 4 is 0 Å². The van der Waals surface area contributed by atoms with Crippen LogP contribution in [0.5, 0.6) is 11.5 Å². The second-order valence-corrected chi connectivity index (χ2v) is 5.93. The van der Waals surface area contributed by atoms with E-state index < -0.39 is 17.8 Å². The third-order valence-corrected chi connectivity index (χ3v) is 4.17. The molecule has 0 saturated carbocycles. The highest BCUT2D eigenvalue weighted by Crippen LogP contribution is 2.38. The molecule has 0 aliphatic carbocycles. The summed E-state index contributed by atoms with van der Waals surface area (Å²) in [5.41, 5.74) is 0.0942. The smallest absolute Gasteiger partial charge is 0.416 e. The molecule has 1 saturated heterocycles. The van der Waals surface area contributed by atoms with Crippen molar-refractivity contribution in [2.75, 3.05) is 26.8 Å². The van der Waals surface area contributed by atoms with E-state index in [0.717, 1.165) is 24.2 Å². The first kappa shape index (κ1) is 18.5. The molecule has 0 radical (unpaired) electrons. The van der Waals surface area contributed by atoms with Gasteiger partial charge in [-0.05, 0) is 23.8 Å². The lowest BCUT2D eigenvalue weighted by molar-refractivity contribution is -0.137. The number of morpholine rings is 1. The van der Waals surface area contributed by atoms with Gasteiger partial charge in [0.2, 0.25) is 0 Å². The third-order valence-electron chi connectivity index (χ3n) is 4.17. The average molecular weight is 367 g/mol. The van der Waals surface area contributed by atoms with Crippen molar-refractivity contribution in [1.82, 2.24) is 5.32 Å². The Balaban J connectivity index is 1.91. The fourth-order valence-electron chi connectivity index (χ4n) is 2.86. The van der Waals surface area contributed by atoms with E-state index in [1.165, 1.54) is 13.2 Å². The Hall–Kier alpha value is -2.25. The molecule has 2 atom stereocenters. The van der Waals surface area contributed by atoms with Crippen LogP contribution in [0.4, 0.5) is 13.2 Å². The van der Waals surface area contributed by atoms with Gasteiger partial charge in [-0.2, -0.15) is 13.2 Å². The number of methoxy groups -OCH3 is 1. The highest BCUT2D eigenvalue weighted by Gasteiger charge is 2.33. The Bertz CT molecular complexity index is 716. The lowest BCUT2D eigenvalue weighted by Crippen LogP contribution is -2.43. The van der Waals surface area contributed by atoms with Crippen LogP contribution in [0.25, 0.3) is 0 Å². The molecule has 1 heterocycles. The molecule has 2 aromatic rings. The Morgan fingerprint density at radius 2 is 1.88 bits per heavy atom. The van der Waals surface area contributed by atoms with E-state index in [0.29, 0.717) is 13.2 Å². The van der Waals surface area contributed by atoms with Crippen molar-refractivity contribution in [2.24, 2.45) is 0 Å². The van der Waals surface area contributed by atoms with Gasteiger partial charge in [0.1, 0.15) is 6.10 Å². The minimum atomic E-state index is -4.44. The van der Waals surface area contributed by atoms with Crippen LogP contribution in [-0.4, -0.2) is 32.9 Å². The molecule has 4 nitrogen and oxygen atoms in total. The van der Waals surface area contributed by atoms with E-state index >= 15 is 0 Å². The molecule has 1 N–H and O–H groups in total. The predicted octanol–water partition coefficient (Wildman–Crippen LogP) is 3.82. The van der Waals surface area contributed by atoms with E-state index in [1.54, 1.807) is 0 Å². The standard InChI is InChI=1S/C19H20F3NO3/c1-24-16-11-14(19(20,21)22)7-8-15(16)26-18(13-5-3-2-4-6-13)17-12-23-9-10-25-17/h2-8,11,17-18,23H,9-10,12H2,1H3/t17-,18-/m0/s1. The van der Waals surface area contributed by atoms with Crippen molar-refractivity contribution in [3.8, 4) is 11.5 Å². The maximum Gasteiger partial charge on any atom is 0.416 e. The molecular weight excluding hydrogens is 347 g/mol. The minimum Gasteiger partial charge on any atom is -0.493 e. The van der Waals surface area contributed by atoms with Crippen molar-refractivity contribution < 1.29 is 27.4 Å². The van der Waals surface area contributed by atoms with Gasteiger partial charge in [-0.25, -0.2) is 0 Å². The fourth-order valence-corrected chi connectivity index (χ4v) is 2.86. The van der Waals surface area contributed by atoms with Gasteiger partial charge in [-0.15, -0.1) is 0 Å². The van der Waals surface area contributed by atoms with E-state index in [-0.39, 0.29) is 17.6 Å². The summed E-state index contributed by atoms with van der Waals surface area (Å²) in [6.07, 6.45) is -5.19. The van der Waals surface area contributed by atoms with Crippen molar-refractivity contribution in [3.05, 3.63) is 59.7 Å². The van der Waals surface area contributed by atoms with Crippen LogP contribution >= 0.6 is 0 Å². The minimum absolute atomic E-state index is 0.0320. The Kier molecular flexibility index (Phi) is 5.68. The highest BCUT2D eigenvalue weighted by atomic mass is 19.4. The zero-order chi connectivity index (χ0) is 18.6. The Morgan fingerprint density at radius 3 is 2.50 bits per heavy atom. The fraction of sp³-hybridized carbons (Fsp3) is 0.368. The number of hydrogen-bond donors (Lipinski definition) is 1. The van der Waals surface area contributed by atoms with Crippen LogP contribution < -0.4 is 14.8 Å². The van der Waals surface area contributed by atoms with E-state index in [1.807, 2.05) is 30.3 Å². The second kappa shape index (κ2) is 7.97. The summed E-state index contributed by atoms with van der Waals surface area (Å²) in [5.74, 6) is 0.271. The summed E-state index contributed by atoms with van der Waals surface area (Å²) in [5, 5.41) is 3.24. The van der Waals surface area contributed by atoms with Crippen LogP contribution in [0.15, 0.2) is 48.5 Å². The number of ether oxygens (including phenoxy) is 3. The number of alkyl halides is 3. The molecule has 0 bridgehead atoms. The highest BCUT2D eigenvalue weighted by molar-refractivity contribution is 5.44. The molecule has 3 rings (SSSR count). The normalized spacial score (nSPS) is 19.0. The topological polar surface area (TPSA) is 39.7 Å². The molecule has 0 unspecified atom stereocenters. The van der Waals surface area contributed by atoms with Crippen LogP contribution in [0.3, 0.4) is 0 Å². The summed E-state index contributed by atoms with van der Waals surface area (Å²) < 4.78 is 55.8. The SMILES string of the molecule is COc1cc(C(F)(F)F)ccc1O[C@@H](c1ccccc1)[C@@H]1CNCCO1. The predicted molar refractivity (Wildman–Crippen MR) is 90.4 cm³/mol. The zero-order valence-electron chi connectivity index (χ0n) is 14.3. The van der Waals surface area contributed by atoms with Gasteiger partial charge in [0.05, 0.1) is 19.3 Å². The van der Waals surface area contributed by atoms with Crippen LogP contribution in [0.2, 0.25) is 0 Å². The van der Waals surface area contributed by atoms with Gasteiger partial charge in [-0.1, -0.05) is 30.3 Å². The molecule has 1 fully saturated rings. The molecule has 0 aromatic heterocycles. The second-order valence-electron chi connectivity index (χ2n) is 5.93. The Morgan fingerprint density at radius 1 is 1.12 bits per heavy atom. The van der Waals surface area contributed by atoms with Gasteiger partial charge in [-0.3, -0.25) is 0 Å². The number of hydrogen-bond acceptors (Lipinski definition) is 4. The number of halogens is 3. The van der Waals surface area contributed by atoms with Crippen molar-refractivity contribution in [2.45, 2.75) is 18.4 Å². The van der Waals surface area contributed by atoms with Crippen LogP contribution in [0, 0.1) is 0 Å². The average Bonchev–Trinajstić information content (AvgIpc) is 2.66. The summed E-state index contributed by atoms with van der Waals surface area (Å²) in [6.45, 7) is 1.88. The van der Waals surface area contributed by atoms with Crippen LogP contribution in [-0.2, 0) is 10.9 Å². The molecule has 26 heavy (non-hydrogen) atoms. The summed E-state index contributed by atoms with van der Waals surface area (Å²) >= 11 is 0. The number of rotatable bonds is 5. The first-order valence-corrected chi connectivity index (χ1v) is 8.28. The van der Waals surface area contributed by atoms with Gasteiger partial charge < -0.3 is 19.5 Å². The molecule has 0 amide bonds. The van der Waals surface area contributed by atoms with Gasteiger partial charge in [0.25, 0.3) is 0 Å². The van der Waals surface area contributed by atoms with Gasteiger partial charge in [0, 0.05) is 13.1 Å². The summed E-state index contributed by atoms with van der Waals surface area (Å²) in [6, 6.07) is 12.7. The molecule has 1 aliphatic heterocycles. The zero-order valence-corrected chi connectivity index (χ0v) is 14.3.